The van der Waals surface area contributed by atoms with Gasteiger partial charge < -0.3 is 11.8 Å². The Morgan fingerprint density at radius 2 is 1.44 bits per heavy atom. The van der Waals surface area contributed by atoms with Crippen molar-refractivity contribution in [2.75, 3.05) is 20.1 Å². The first-order chi connectivity index (χ1) is 3.89. The molecule has 0 amide bonds. The molecule has 1 nitrogen and oxygen atoms in total. The first kappa shape index (κ1) is 12.6. The van der Waals surface area contributed by atoms with E-state index < -0.39 is 0 Å². The Morgan fingerprint density at radius 1 is 1.11 bits per heavy atom. The standard InChI is InChI=1S/C5H11N.C2H5.Na/c1-6-4-2-3-5-6;1-2;/h2-5H2,1H3;1H2,2H3;/q;-1;+1. The van der Waals surface area contributed by atoms with Gasteiger partial charge >= 0.3 is 29.6 Å². The van der Waals surface area contributed by atoms with E-state index in [0.29, 0.717) is 0 Å². The van der Waals surface area contributed by atoms with Gasteiger partial charge in [-0.15, -0.1) is 0 Å². The number of hydrogen-bond donors (Lipinski definition) is 0. The third-order valence-electron chi connectivity index (χ3n) is 1.33. The van der Waals surface area contributed by atoms with Crippen molar-refractivity contribution in [3.63, 3.8) is 0 Å². The van der Waals surface area contributed by atoms with Crippen LogP contribution < -0.4 is 29.6 Å². The van der Waals surface area contributed by atoms with Crippen molar-refractivity contribution in [3.8, 4) is 0 Å². The molecule has 0 spiro atoms. The molecule has 0 aliphatic carbocycles. The van der Waals surface area contributed by atoms with E-state index in [1.54, 1.807) is 6.92 Å². The van der Waals surface area contributed by atoms with Gasteiger partial charge in [0.1, 0.15) is 0 Å². The van der Waals surface area contributed by atoms with Gasteiger partial charge in [-0.3, -0.25) is 0 Å². The van der Waals surface area contributed by atoms with Crippen LogP contribution in [0.25, 0.3) is 0 Å². The SMILES string of the molecule is CN1CCCC1.[CH2-]C.[Na+]. The fourth-order valence-corrected chi connectivity index (χ4v) is 0.875. The molecular weight excluding hydrogens is 121 g/mol. The van der Waals surface area contributed by atoms with E-state index >= 15 is 0 Å². The summed E-state index contributed by atoms with van der Waals surface area (Å²) in [5, 5.41) is 0. The van der Waals surface area contributed by atoms with Crippen molar-refractivity contribution >= 4 is 0 Å². The zero-order valence-corrected chi connectivity index (χ0v) is 8.98. The predicted octanol–water partition coefficient (Wildman–Crippen LogP) is -1.44. The van der Waals surface area contributed by atoms with E-state index in [4.69, 9.17) is 0 Å². The van der Waals surface area contributed by atoms with E-state index in [1.807, 2.05) is 0 Å². The summed E-state index contributed by atoms with van der Waals surface area (Å²) in [6, 6.07) is 0. The number of likely N-dealkylation sites (tertiary alicyclic amines) is 1. The molecule has 1 heterocycles. The molecular formula is C7H16NNa. The molecule has 0 saturated carbocycles. The molecule has 0 bridgehead atoms. The largest absolute Gasteiger partial charge is 1.00 e. The van der Waals surface area contributed by atoms with Crippen molar-refractivity contribution in [2.45, 2.75) is 19.8 Å². The number of rotatable bonds is 0. The molecule has 0 radical (unpaired) electrons. The fourth-order valence-electron chi connectivity index (χ4n) is 0.875. The molecule has 1 saturated heterocycles. The Balaban J connectivity index is 0. The third-order valence-corrected chi connectivity index (χ3v) is 1.33. The van der Waals surface area contributed by atoms with E-state index in [-0.39, 0.29) is 29.6 Å². The normalized spacial score (nSPS) is 17.7. The van der Waals surface area contributed by atoms with Crippen LogP contribution in [0, 0.1) is 6.92 Å². The van der Waals surface area contributed by atoms with Gasteiger partial charge in [-0.1, -0.05) is 0 Å². The summed E-state index contributed by atoms with van der Waals surface area (Å²) in [7, 11) is 2.17. The van der Waals surface area contributed by atoms with Gasteiger partial charge in [-0.25, -0.2) is 0 Å². The van der Waals surface area contributed by atoms with Crippen LogP contribution in [0.2, 0.25) is 0 Å². The molecule has 1 fully saturated rings. The second kappa shape index (κ2) is 8.96. The molecule has 1 rings (SSSR count). The van der Waals surface area contributed by atoms with Crippen LogP contribution in [0.5, 0.6) is 0 Å². The van der Waals surface area contributed by atoms with Crippen molar-refractivity contribution in [3.05, 3.63) is 6.92 Å². The summed E-state index contributed by atoms with van der Waals surface area (Å²) in [6.07, 6.45) is 2.83. The van der Waals surface area contributed by atoms with Gasteiger partial charge in [0.2, 0.25) is 0 Å². The van der Waals surface area contributed by atoms with Crippen LogP contribution in [0.3, 0.4) is 0 Å². The maximum Gasteiger partial charge on any atom is 1.00 e. The van der Waals surface area contributed by atoms with Crippen LogP contribution in [0.4, 0.5) is 0 Å². The minimum atomic E-state index is 0. The summed E-state index contributed by atoms with van der Waals surface area (Å²) in [4.78, 5) is 2.36. The molecule has 0 aromatic rings. The summed E-state index contributed by atoms with van der Waals surface area (Å²) >= 11 is 0. The summed E-state index contributed by atoms with van der Waals surface area (Å²) < 4.78 is 0. The van der Waals surface area contributed by atoms with E-state index in [9.17, 15) is 0 Å². The Labute approximate surface area is 81.1 Å². The smallest absolute Gasteiger partial charge is 0.346 e. The Bertz CT molecular complexity index is 42.2. The maximum atomic E-state index is 3.25. The minimum Gasteiger partial charge on any atom is -0.346 e. The molecule has 1 aliphatic rings. The molecule has 0 unspecified atom stereocenters. The topological polar surface area (TPSA) is 3.24 Å². The van der Waals surface area contributed by atoms with Crippen molar-refractivity contribution in [1.29, 1.82) is 0 Å². The van der Waals surface area contributed by atoms with Crippen LogP contribution >= 0.6 is 0 Å². The van der Waals surface area contributed by atoms with Crippen LogP contribution in [0.1, 0.15) is 19.8 Å². The van der Waals surface area contributed by atoms with Crippen LogP contribution in [-0.2, 0) is 0 Å². The van der Waals surface area contributed by atoms with Crippen molar-refractivity contribution in [1.82, 2.24) is 4.90 Å². The molecule has 50 valence electrons. The zero-order chi connectivity index (χ0) is 6.41. The second-order valence-electron chi connectivity index (χ2n) is 2.01. The van der Waals surface area contributed by atoms with Gasteiger partial charge in [0.25, 0.3) is 0 Å². The number of hydrogen-bond acceptors (Lipinski definition) is 1. The molecule has 0 aromatic carbocycles. The van der Waals surface area contributed by atoms with Crippen LogP contribution in [-0.4, -0.2) is 25.0 Å². The summed E-state index contributed by atoms with van der Waals surface area (Å²) in [5.41, 5.74) is 0. The maximum absolute atomic E-state index is 3.25. The monoisotopic (exact) mass is 137 g/mol. The molecule has 2 heteroatoms. The van der Waals surface area contributed by atoms with E-state index in [1.165, 1.54) is 25.9 Å². The summed E-state index contributed by atoms with van der Waals surface area (Å²) in [5.74, 6) is 0. The third kappa shape index (κ3) is 6.85. The second-order valence-corrected chi connectivity index (χ2v) is 2.01. The molecule has 0 N–H and O–H groups in total. The fraction of sp³-hybridized carbons (Fsp3) is 0.857. The number of nitrogens with zero attached hydrogens (tertiary/aromatic N) is 1. The summed E-state index contributed by atoms with van der Waals surface area (Å²) in [6.45, 7) is 7.64. The Hall–Kier alpha value is 0.960. The van der Waals surface area contributed by atoms with Crippen molar-refractivity contribution in [2.24, 2.45) is 0 Å². The first-order valence-corrected chi connectivity index (χ1v) is 3.29. The molecule has 1 aliphatic heterocycles. The molecule has 0 aromatic heterocycles. The Kier molecular flexibility index (Phi) is 12.6. The molecule has 0 atom stereocenters. The first-order valence-electron chi connectivity index (χ1n) is 3.29. The van der Waals surface area contributed by atoms with E-state index in [0.717, 1.165) is 0 Å². The van der Waals surface area contributed by atoms with Gasteiger partial charge in [0.15, 0.2) is 0 Å². The quantitative estimate of drug-likeness (QED) is 0.292. The van der Waals surface area contributed by atoms with Gasteiger partial charge in [0, 0.05) is 0 Å². The van der Waals surface area contributed by atoms with Crippen LogP contribution in [0.15, 0.2) is 0 Å². The zero-order valence-electron chi connectivity index (χ0n) is 6.98. The average molecular weight is 137 g/mol. The van der Waals surface area contributed by atoms with E-state index in [2.05, 4.69) is 18.9 Å². The van der Waals surface area contributed by atoms with Gasteiger partial charge in [-0.2, -0.15) is 6.92 Å². The van der Waals surface area contributed by atoms with Gasteiger partial charge in [-0.05, 0) is 33.0 Å². The predicted molar refractivity (Wildman–Crippen MR) is 37.8 cm³/mol. The van der Waals surface area contributed by atoms with Crippen molar-refractivity contribution < 1.29 is 29.6 Å². The average Bonchev–Trinajstić information content (AvgIpc) is 2.24. The van der Waals surface area contributed by atoms with Gasteiger partial charge in [0.05, 0.1) is 0 Å². The molecule has 9 heavy (non-hydrogen) atoms. The Morgan fingerprint density at radius 3 is 1.56 bits per heavy atom. The minimum absolute atomic E-state index is 0.